The van der Waals surface area contributed by atoms with Crippen molar-refractivity contribution in [1.29, 1.82) is 0 Å². The Labute approximate surface area is 137 Å². The number of anilines is 1. The number of aromatic carboxylic acids is 1. The van der Waals surface area contributed by atoms with Crippen LogP contribution in [0.3, 0.4) is 0 Å². The molecule has 2 rings (SSSR count). The molecule has 0 aliphatic heterocycles. The van der Waals surface area contributed by atoms with Crippen molar-refractivity contribution in [3.8, 4) is 5.75 Å². The fourth-order valence-electron chi connectivity index (χ4n) is 1.91. The van der Waals surface area contributed by atoms with Gasteiger partial charge in [0.1, 0.15) is 11.3 Å². The van der Waals surface area contributed by atoms with E-state index in [0.717, 1.165) is 6.07 Å². The third kappa shape index (κ3) is 4.13. The number of nitrogens with one attached hydrogen (secondary N) is 1. The molecule has 8 heteroatoms. The lowest BCUT2D eigenvalue weighted by Gasteiger charge is -2.12. The average Bonchev–Trinajstić information content (AvgIpc) is 2.55. The third-order valence-corrected chi connectivity index (χ3v) is 2.94. The smallest absolute Gasteiger partial charge is 0.341 e. The summed E-state index contributed by atoms with van der Waals surface area (Å²) >= 11 is 0. The Kier molecular flexibility index (Phi) is 5.56. The zero-order valence-electron chi connectivity index (χ0n) is 12.9. The molecular weight excluding hydrogens is 316 g/mol. The first-order valence-corrected chi connectivity index (χ1v) is 7.13. The number of pyridine rings is 1. The number of carboxylic acid groups (broad SMARTS) is 1. The Morgan fingerprint density at radius 3 is 2.67 bits per heavy atom. The molecule has 1 amide bonds. The predicted octanol–water partition coefficient (Wildman–Crippen LogP) is 1.01. The molecule has 0 saturated carbocycles. The molecule has 0 unspecified atom stereocenters. The third-order valence-electron chi connectivity index (χ3n) is 2.94. The van der Waals surface area contributed by atoms with Crippen molar-refractivity contribution in [3.63, 3.8) is 0 Å². The molecule has 24 heavy (non-hydrogen) atoms. The number of carbonyl (C=O) groups is 2. The van der Waals surface area contributed by atoms with E-state index >= 15 is 0 Å². The van der Waals surface area contributed by atoms with Crippen LogP contribution >= 0.6 is 0 Å². The predicted molar refractivity (Wildman–Crippen MR) is 85.3 cm³/mol. The van der Waals surface area contributed by atoms with Crippen molar-refractivity contribution in [2.75, 3.05) is 18.5 Å². The van der Waals surface area contributed by atoms with Crippen molar-refractivity contribution in [2.24, 2.45) is 0 Å². The first-order valence-electron chi connectivity index (χ1n) is 7.13. The fourth-order valence-corrected chi connectivity index (χ4v) is 1.91. The normalized spacial score (nSPS) is 10.0. The number of carboxylic acids is 1. The van der Waals surface area contributed by atoms with Crippen molar-refractivity contribution in [3.05, 3.63) is 58.5 Å². The summed E-state index contributed by atoms with van der Waals surface area (Å²) in [6, 6.07) is 9.38. The van der Waals surface area contributed by atoms with E-state index in [4.69, 9.17) is 14.7 Å². The van der Waals surface area contributed by atoms with Gasteiger partial charge in [0.2, 0.25) is 0 Å². The number of rotatable bonds is 7. The fraction of sp³-hybridized carbons (Fsp3) is 0.188. The summed E-state index contributed by atoms with van der Waals surface area (Å²) in [4.78, 5) is 39.7. The highest BCUT2D eigenvalue weighted by Gasteiger charge is 2.12. The summed E-state index contributed by atoms with van der Waals surface area (Å²) in [5, 5.41) is 11.5. The SMILES string of the molecule is CCOc1ccccc1NC(=O)COn1cccc(C(=O)O)c1=O. The second-order valence-corrected chi connectivity index (χ2v) is 4.61. The molecule has 126 valence electrons. The number of ether oxygens (including phenoxy) is 1. The molecule has 0 atom stereocenters. The van der Waals surface area contributed by atoms with Crippen LogP contribution in [0.5, 0.6) is 5.75 Å². The first kappa shape index (κ1) is 17.1. The van der Waals surface area contributed by atoms with Crippen molar-refractivity contribution in [1.82, 2.24) is 4.73 Å². The maximum absolute atomic E-state index is 11.9. The van der Waals surface area contributed by atoms with Gasteiger partial charge in [-0.2, -0.15) is 4.73 Å². The maximum atomic E-state index is 11.9. The minimum Gasteiger partial charge on any atom is -0.492 e. The molecule has 0 fully saturated rings. The van der Waals surface area contributed by atoms with Gasteiger partial charge in [-0.05, 0) is 31.2 Å². The van der Waals surface area contributed by atoms with E-state index in [1.54, 1.807) is 24.3 Å². The minimum atomic E-state index is -1.37. The number of para-hydroxylation sites is 2. The number of nitrogens with zero attached hydrogens (tertiary/aromatic N) is 1. The monoisotopic (exact) mass is 332 g/mol. The highest BCUT2D eigenvalue weighted by molar-refractivity contribution is 5.93. The van der Waals surface area contributed by atoms with Crippen LogP contribution in [0.1, 0.15) is 17.3 Å². The topological polar surface area (TPSA) is 107 Å². The number of aromatic nitrogens is 1. The molecule has 0 aliphatic rings. The molecule has 2 N–H and O–H groups in total. The van der Waals surface area contributed by atoms with Crippen LogP contribution in [0, 0.1) is 0 Å². The number of carbonyl (C=O) groups excluding carboxylic acids is 1. The van der Waals surface area contributed by atoms with Crippen LogP contribution in [0.15, 0.2) is 47.4 Å². The first-order chi connectivity index (χ1) is 11.5. The summed E-state index contributed by atoms with van der Waals surface area (Å²) in [5.74, 6) is -1.37. The second kappa shape index (κ2) is 7.82. The van der Waals surface area contributed by atoms with Gasteiger partial charge in [-0.25, -0.2) is 4.79 Å². The molecule has 0 spiro atoms. The van der Waals surface area contributed by atoms with Crippen LogP contribution < -0.4 is 20.5 Å². The zero-order valence-corrected chi connectivity index (χ0v) is 12.9. The summed E-state index contributed by atoms with van der Waals surface area (Å²) in [5.41, 5.74) is -0.827. The minimum absolute atomic E-state index is 0.445. The molecule has 0 saturated heterocycles. The Bertz CT molecular complexity index is 799. The summed E-state index contributed by atoms with van der Waals surface area (Å²) in [7, 11) is 0. The van der Waals surface area contributed by atoms with E-state index in [1.165, 1.54) is 12.3 Å². The van der Waals surface area contributed by atoms with E-state index in [1.807, 2.05) is 6.92 Å². The summed E-state index contributed by atoms with van der Waals surface area (Å²) < 4.78 is 6.09. The molecule has 0 radical (unpaired) electrons. The van der Waals surface area contributed by atoms with E-state index in [-0.39, 0.29) is 0 Å². The van der Waals surface area contributed by atoms with Gasteiger partial charge in [0, 0.05) is 6.20 Å². The highest BCUT2D eigenvalue weighted by Crippen LogP contribution is 2.23. The van der Waals surface area contributed by atoms with Crippen LogP contribution in [-0.4, -0.2) is 34.9 Å². The molecule has 2 aromatic rings. The van der Waals surface area contributed by atoms with Gasteiger partial charge in [0.25, 0.3) is 11.5 Å². The molecular formula is C16H16N2O6. The quantitative estimate of drug-likeness (QED) is 0.784. The highest BCUT2D eigenvalue weighted by atomic mass is 16.7. The Balaban J connectivity index is 2.03. The van der Waals surface area contributed by atoms with Gasteiger partial charge >= 0.3 is 5.97 Å². The van der Waals surface area contributed by atoms with Gasteiger partial charge in [-0.1, -0.05) is 12.1 Å². The lowest BCUT2D eigenvalue weighted by Crippen LogP contribution is -2.34. The molecule has 0 bridgehead atoms. The lowest BCUT2D eigenvalue weighted by molar-refractivity contribution is -0.120. The summed E-state index contributed by atoms with van der Waals surface area (Å²) in [6.07, 6.45) is 1.23. The Morgan fingerprint density at radius 2 is 1.96 bits per heavy atom. The van der Waals surface area contributed by atoms with E-state index in [0.29, 0.717) is 22.8 Å². The van der Waals surface area contributed by atoms with E-state index < -0.39 is 29.6 Å². The second-order valence-electron chi connectivity index (χ2n) is 4.61. The number of benzene rings is 1. The van der Waals surface area contributed by atoms with Crippen LogP contribution in [-0.2, 0) is 4.79 Å². The van der Waals surface area contributed by atoms with Crippen LogP contribution in [0.2, 0.25) is 0 Å². The van der Waals surface area contributed by atoms with Gasteiger partial charge in [0.15, 0.2) is 6.61 Å². The van der Waals surface area contributed by atoms with Gasteiger partial charge < -0.3 is 20.0 Å². The van der Waals surface area contributed by atoms with Gasteiger partial charge in [-0.15, -0.1) is 0 Å². The van der Waals surface area contributed by atoms with Crippen molar-refractivity contribution in [2.45, 2.75) is 6.92 Å². The molecule has 8 nitrogen and oxygen atoms in total. The largest absolute Gasteiger partial charge is 0.492 e. The molecule has 1 heterocycles. The lowest BCUT2D eigenvalue weighted by atomic mass is 10.3. The molecule has 0 aliphatic carbocycles. The maximum Gasteiger partial charge on any atom is 0.341 e. The number of hydrogen-bond acceptors (Lipinski definition) is 5. The zero-order chi connectivity index (χ0) is 17.5. The van der Waals surface area contributed by atoms with Crippen molar-refractivity contribution < 1.29 is 24.3 Å². The van der Waals surface area contributed by atoms with Crippen molar-refractivity contribution >= 4 is 17.6 Å². The number of hydrogen-bond donors (Lipinski definition) is 2. The van der Waals surface area contributed by atoms with Crippen LogP contribution in [0.4, 0.5) is 5.69 Å². The van der Waals surface area contributed by atoms with Gasteiger partial charge in [-0.3, -0.25) is 9.59 Å². The standard InChI is InChI=1S/C16H16N2O6/c1-2-23-13-8-4-3-7-12(13)17-14(19)10-24-18-9-5-6-11(15(18)20)16(21)22/h3-9H,2,10H2,1H3,(H,17,19)(H,21,22). The number of amides is 1. The van der Waals surface area contributed by atoms with Crippen LogP contribution in [0.25, 0.3) is 0 Å². The van der Waals surface area contributed by atoms with E-state index in [9.17, 15) is 14.4 Å². The van der Waals surface area contributed by atoms with E-state index in [2.05, 4.69) is 5.32 Å². The molecule has 1 aromatic carbocycles. The Morgan fingerprint density at radius 1 is 1.21 bits per heavy atom. The average molecular weight is 332 g/mol. The Hall–Kier alpha value is -3.29. The van der Waals surface area contributed by atoms with Gasteiger partial charge in [0.05, 0.1) is 12.3 Å². The molecule has 1 aromatic heterocycles. The summed E-state index contributed by atoms with van der Waals surface area (Å²) in [6.45, 7) is 1.80.